The normalized spacial score (nSPS) is 12.2. The molecule has 0 saturated heterocycles. The van der Waals surface area contributed by atoms with Crippen LogP contribution in [0.2, 0.25) is 0 Å². The zero-order valence-corrected chi connectivity index (χ0v) is 11.8. The summed E-state index contributed by atoms with van der Waals surface area (Å²) in [5.41, 5.74) is 0.728. The number of pyridine rings is 1. The number of rotatable bonds is 3. The van der Waals surface area contributed by atoms with E-state index >= 15 is 0 Å². The number of aromatic nitrogens is 5. The molecule has 7 heteroatoms. The molecule has 0 aliphatic rings. The standard InChI is InChI=1S/C12H14N6S/c1-12(2,13-3)10-17-18-9(15-16-11(18)19-10)8-5-4-6-14-7-8/h4-7,13H,1-3H3. The molecule has 0 atom stereocenters. The summed E-state index contributed by atoms with van der Waals surface area (Å²) in [6.07, 6.45) is 3.50. The van der Waals surface area contributed by atoms with E-state index in [1.54, 1.807) is 16.9 Å². The van der Waals surface area contributed by atoms with Crippen LogP contribution in [0.3, 0.4) is 0 Å². The van der Waals surface area contributed by atoms with Crippen molar-refractivity contribution in [1.82, 2.24) is 30.1 Å². The summed E-state index contributed by atoms with van der Waals surface area (Å²) in [5, 5.41) is 17.2. The van der Waals surface area contributed by atoms with Gasteiger partial charge in [0, 0.05) is 18.0 Å². The molecule has 0 saturated carbocycles. The van der Waals surface area contributed by atoms with Crippen molar-refractivity contribution in [2.75, 3.05) is 7.05 Å². The van der Waals surface area contributed by atoms with E-state index in [0.717, 1.165) is 21.4 Å². The quantitative estimate of drug-likeness (QED) is 0.787. The van der Waals surface area contributed by atoms with Crippen LogP contribution < -0.4 is 5.32 Å². The van der Waals surface area contributed by atoms with E-state index in [2.05, 4.69) is 39.4 Å². The van der Waals surface area contributed by atoms with Crippen molar-refractivity contribution in [1.29, 1.82) is 0 Å². The Morgan fingerprint density at radius 1 is 1.32 bits per heavy atom. The van der Waals surface area contributed by atoms with E-state index in [1.165, 1.54) is 11.3 Å². The van der Waals surface area contributed by atoms with Crippen LogP contribution in [0.15, 0.2) is 24.5 Å². The lowest BCUT2D eigenvalue weighted by Gasteiger charge is -2.19. The van der Waals surface area contributed by atoms with Crippen LogP contribution in [-0.2, 0) is 5.54 Å². The van der Waals surface area contributed by atoms with Gasteiger partial charge in [-0.3, -0.25) is 4.98 Å². The van der Waals surface area contributed by atoms with E-state index in [1.807, 2.05) is 19.2 Å². The van der Waals surface area contributed by atoms with Gasteiger partial charge < -0.3 is 5.32 Å². The molecular formula is C12H14N6S. The molecule has 0 radical (unpaired) electrons. The van der Waals surface area contributed by atoms with Gasteiger partial charge >= 0.3 is 0 Å². The van der Waals surface area contributed by atoms with Crippen LogP contribution in [0.4, 0.5) is 0 Å². The predicted molar refractivity (Wildman–Crippen MR) is 74.0 cm³/mol. The summed E-state index contributed by atoms with van der Waals surface area (Å²) in [6.45, 7) is 4.17. The third kappa shape index (κ3) is 2.00. The second-order valence-electron chi connectivity index (χ2n) is 4.74. The van der Waals surface area contributed by atoms with E-state index in [-0.39, 0.29) is 5.54 Å². The first-order valence-corrected chi connectivity index (χ1v) is 6.75. The fourth-order valence-corrected chi connectivity index (χ4v) is 2.60. The second kappa shape index (κ2) is 4.36. The first-order chi connectivity index (χ1) is 9.12. The SMILES string of the molecule is CNC(C)(C)c1nn2c(-c3cccnc3)nnc2s1. The maximum Gasteiger partial charge on any atom is 0.235 e. The minimum Gasteiger partial charge on any atom is -0.309 e. The molecule has 3 aromatic heterocycles. The average molecular weight is 274 g/mol. The number of hydrogen-bond donors (Lipinski definition) is 1. The topological polar surface area (TPSA) is 68.0 Å². The van der Waals surface area contributed by atoms with Crippen molar-refractivity contribution >= 4 is 16.3 Å². The van der Waals surface area contributed by atoms with Crippen LogP contribution in [0.25, 0.3) is 16.3 Å². The number of nitrogens with one attached hydrogen (secondary N) is 1. The number of fused-ring (bicyclic) bond motifs is 1. The van der Waals surface area contributed by atoms with E-state index < -0.39 is 0 Å². The average Bonchev–Trinajstić information content (AvgIpc) is 2.99. The van der Waals surface area contributed by atoms with Crippen LogP contribution in [0.1, 0.15) is 18.9 Å². The summed E-state index contributed by atoms with van der Waals surface area (Å²) >= 11 is 1.54. The lowest BCUT2D eigenvalue weighted by atomic mass is 10.1. The molecule has 3 aromatic rings. The first-order valence-electron chi connectivity index (χ1n) is 5.94. The highest BCUT2D eigenvalue weighted by atomic mass is 32.1. The molecule has 0 amide bonds. The number of nitrogens with zero attached hydrogens (tertiary/aromatic N) is 5. The van der Waals surface area contributed by atoms with Crippen LogP contribution in [-0.4, -0.2) is 31.8 Å². The van der Waals surface area contributed by atoms with E-state index in [0.29, 0.717) is 0 Å². The van der Waals surface area contributed by atoms with Crippen molar-refractivity contribution in [3.8, 4) is 11.4 Å². The molecule has 0 aliphatic carbocycles. The van der Waals surface area contributed by atoms with Gasteiger partial charge in [0.25, 0.3) is 0 Å². The summed E-state index contributed by atoms with van der Waals surface area (Å²) < 4.78 is 1.77. The van der Waals surface area contributed by atoms with Gasteiger partial charge in [0.15, 0.2) is 5.82 Å². The highest BCUT2D eigenvalue weighted by Crippen LogP contribution is 2.27. The Labute approximate surface area is 114 Å². The Morgan fingerprint density at radius 3 is 2.84 bits per heavy atom. The van der Waals surface area contributed by atoms with Crippen molar-refractivity contribution in [3.05, 3.63) is 29.5 Å². The minimum absolute atomic E-state index is 0.183. The fraction of sp³-hybridized carbons (Fsp3) is 0.333. The third-order valence-electron chi connectivity index (χ3n) is 3.07. The van der Waals surface area contributed by atoms with Gasteiger partial charge in [-0.2, -0.15) is 9.61 Å². The van der Waals surface area contributed by atoms with Gasteiger partial charge in [0.2, 0.25) is 4.96 Å². The Balaban J connectivity index is 2.14. The Kier molecular flexibility index (Phi) is 2.79. The van der Waals surface area contributed by atoms with Gasteiger partial charge in [0.05, 0.1) is 5.54 Å². The van der Waals surface area contributed by atoms with Gasteiger partial charge in [-0.05, 0) is 33.0 Å². The van der Waals surface area contributed by atoms with Gasteiger partial charge in [-0.15, -0.1) is 10.2 Å². The van der Waals surface area contributed by atoms with Crippen LogP contribution in [0, 0.1) is 0 Å². The minimum atomic E-state index is -0.183. The maximum atomic E-state index is 4.61. The van der Waals surface area contributed by atoms with Gasteiger partial charge in [-0.25, -0.2) is 0 Å². The summed E-state index contributed by atoms with van der Waals surface area (Å²) in [7, 11) is 1.92. The smallest absolute Gasteiger partial charge is 0.235 e. The highest BCUT2D eigenvalue weighted by molar-refractivity contribution is 7.16. The fourth-order valence-electron chi connectivity index (χ4n) is 1.65. The highest BCUT2D eigenvalue weighted by Gasteiger charge is 2.24. The van der Waals surface area contributed by atoms with E-state index in [9.17, 15) is 0 Å². The summed E-state index contributed by atoms with van der Waals surface area (Å²) in [4.78, 5) is 4.89. The molecule has 6 nitrogen and oxygen atoms in total. The first kappa shape index (κ1) is 12.2. The Bertz CT molecular complexity index is 699. The second-order valence-corrected chi connectivity index (χ2v) is 5.70. The molecule has 1 N–H and O–H groups in total. The maximum absolute atomic E-state index is 4.61. The molecule has 0 bridgehead atoms. The Hall–Kier alpha value is -1.86. The largest absolute Gasteiger partial charge is 0.309 e. The van der Waals surface area contributed by atoms with Gasteiger partial charge in [-0.1, -0.05) is 11.3 Å². The zero-order chi connectivity index (χ0) is 13.5. The van der Waals surface area contributed by atoms with Gasteiger partial charge in [0.1, 0.15) is 5.01 Å². The monoisotopic (exact) mass is 274 g/mol. The lowest BCUT2D eigenvalue weighted by Crippen LogP contribution is -2.33. The van der Waals surface area contributed by atoms with Crippen molar-refractivity contribution < 1.29 is 0 Å². The molecule has 98 valence electrons. The summed E-state index contributed by atoms with van der Waals surface area (Å²) in [6, 6.07) is 3.83. The molecule has 0 fully saturated rings. The van der Waals surface area contributed by atoms with Crippen molar-refractivity contribution in [2.24, 2.45) is 0 Å². The molecule has 3 rings (SSSR count). The van der Waals surface area contributed by atoms with Crippen molar-refractivity contribution in [3.63, 3.8) is 0 Å². The third-order valence-corrected chi connectivity index (χ3v) is 4.29. The van der Waals surface area contributed by atoms with Crippen molar-refractivity contribution in [2.45, 2.75) is 19.4 Å². The molecule has 0 aromatic carbocycles. The Morgan fingerprint density at radius 2 is 2.16 bits per heavy atom. The molecule has 0 aliphatic heterocycles. The molecular weight excluding hydrogens is 260 g/mol. The zero-order valence-electron chi connectivity index (χ0n) is 11.0. The lowest BCUT2D eigenvalue weighted by molar-refractivity contribution is 0.437. The molecule has 19 heavy (non-hydrogen) atoms. The summed E-state index contributed by atoms with van der Waals surface area (Å²) in [5.74, 6) is 0.720. The molecule has 3 heterocycles. The van der Waals surface area contributed by atoms with Crippen LogP contribution >= 0.6 is 11.3 Å². The number of hydrogen-bond acceptors (Lipinski definition) is 6. The van der Waals surface area contributed by atoms with E-state index in [4.69, 9.17) is 0 Å². The van der Waals surface area contributed by atoms with Crippen LogP contribution in [0.5, 0.6) is 0 Å². The predicted octanol–water partition coefficient (Wildman–Crippen LogP) is 1.70. The molecule has 0 spiro atoms. The molecule has 0 unspecified atom stereocenters.